The zero-order valence-electron chi connectivity index (χ0n) is 19.8. The zero-order chi connectivity index (χ0) is 22.0. The minimum Gasteiger partial charge on any atom is -0.357 e. The summed E-state index contributed by atoms with van der Waals surface area (Å²) in [6.45, 7) is 4.53. The minimum atomic E-state index is -0.110. The van der Waals surface area contributed by atoms with Crippen molar-refractivity contribution in [1.29, 1.82) is 0 Å². The van der Waals surface area contributed by atoms with Gasteiger partial charge in [0.2, 0.25) is 11.8 Å². The van der Waals surface area contributed by atoms with Crippen molar-refractivity contribution in [2.45, 2.75) is 51.5 Å². The first-order valence-electron chi connectivity index (χ1n) is 12.2. The highest BCUT2D eigenvalue weighted by atomic mass is 127. The Hall–Kier alpha value is -1.16. The van der Waals surface area contributed by atoms with Gasteiger partial charge in [-0.1, -0.05) is 31.4 Å². The lowest BCUT2D eigenvalue weighted by atomic mass is 9.83. The van der Waals surface area contributed by atoms with Gasteiger partial charge in [-0.3, -0.25) is 19.5 Å². The molecule has 4 aliphatic rings. The van der Waals surface area contributed by atoms with Crippen LogP contribution in [0.3, 0.4) is 0 Å². The number of carbonyl (C=O) groups excluding carboxylic acids is 2. The van der Waals surface area contributed by atoms with Crippen LogP contribution in [-0.4, -0.2) is 73.9 Å². The van der Waals surface area contributed by atoms with E-state index in [-0.39, 0.29) is 59.5 Å². The zero-order valence-corrected chi connectivity index (χ0v) is 22.1. The van der Waals surface area contributed by atoms with Crippen LogP contribution in [0.2, 0.25) is 0 Å². The number of hydrogen-bond donors (Lipinski definition) is 2. The van der Waals surface area contributed by atoms with E-state index in [4.69, 9.17) is 4.99 Å². The lowest BCUT2D eigenvalue weighted by Gasteiger charge is -2.34. The van der Waals surface area contributed by atoms with Crippen LogP contribution in [-0.2, 0) is 9.59 Å². The molecule has 1 heterocycles. The molecule has 3 fully saturated rings. The molecule has 8 heteroatoms. The van der Waals surface area contributed by atoms with Crippen molar-refractivity contribution in [2.75, 3.05) is 40.3 Å². The van der Waals surface area contributed by atoms with E-state index < -0.39 is 0 Å². The van der Waals surface area contributed by atoms with Crippen LogP contribution in [0.4, 0.5) is 0 Å². The number of nitrogens with one attached hydrogen (secondary N) is 2. The smallest absolute Gasteiger partial charge is 0.233 e. The SMILES string of the molecule is CCNC(=NCC(C1CCCCC1)N(C)C)NCCN1C(=O)C2C3C=CC(C3)C2C1=O.I. The first-order chi connectivity index (χ1) is 15.0. The minimum absolute atomic E-state index is 0. The summed E-state index contributed by atoms with van der Waals surface area (Å²) in [7, 11) is 4.30. The van der Waals surface area contributed by atoms with Crippen molar-refractivity contribution in [2.24, 2.45) is 34.6 Å². The lowest BCUT2D eigenvalue weighted by Crippen LogP contribution is -2.45. The predicted molar refractivity (Wildman–Crippen MR) is 138 cm³/mol. The van der Waals surface area contributed by atoms with Crippen molar-refractivity contribution in [3.05, 3.63) is 12.2 Å². The van der Waals surface area contributed by atoms with E-state index in [1.807, 2.05) is 0 Å². The largest absolute Gasteiger partial charge is 0.357 e. The van der Waals surface area contributed by atoms with Gasteiger partial charge in [-0.15, -0.1) is 24.0 Å². The average Bonchev–Trinajstić information content (AvgIpc) is 3.44. The molecule has 0 aromatic rings. The molecule has 2 bridgehead atoms. The molecule has 1 saturated heterocycles. The summed E-state index contributed by atoms with van der Waals surface area (Å²) in [5.41, 5.74) is 0. The normalized spacial score (nSPS) is 30.6. The fourth-order valence-electron chi connectivity index (χ4n) is 6.25. The topological polar surface area (TPSA) is 77.0 Å². The van der Waals surface area contributed by atoms with Crippen molar-refractivity contribution in [1.82, 2.24) is 20.4 Å². The average molecular weight is 558 g/mol. The quantitative estimate of drug-likeness (QED) is 0.158. The van der Waals surface area contributed by atoms with E-state index in [1.54, 1.807) is 0 Å². The number of carbonyl (C=O) groups is 2. The Morgan fingerprint density at radius 2 is 1.72 bits per heavy atom. The number of amides is 2. The summed E-state index contributed by atoms with van der Waals surface area (Å²) < 4.78 is 0. The Morgan fingerprint density at radius 1 is 1.09 bits per heavy atom. The van der Waals surface area contributed by atoms with Gasteiger partial charge in [0.15, 0.2) is 5.96 Å². The molecule has 2 amide bonds. The number of likely N-dealkylation sites (N-methyl/N-ethyl adjacent to an activating group) is 1. The first kappa shape index (κ1) is 25.5. The maximum atomic E-state index is 12.8. The van der Waals surface area contributed by atoms with Crippen LogP contribution in [0.25, 0.3) is 0 Å². The number of hydrogen-bond acceptors (Lipinski definition) is 4. The van der Waals surface area contributed by atoms with Gasteiger partial charge in [0.25, 0.3) is 0 Å². The number of imide groups is 1. The molecule has 5 atom stereocenters. The van der Waals surface area contributed by atoms with Gasteiger partial charge in [0.1, 0.15) is 0 Å². The number of aliphatic imine (C=N–C) groups is 1. The molecule has 32 heavy (non-hydrogen) atoms. The van der Waals surface area contributed by atoms with Gasteiger partial charge in [-0.05, 0) is 58.0 Å². The van der Waals surface area contributed by atoms with Crippen molar-refractivity contribution in [3.8, 4) is 0 Å². The van der Waals surface area contributed by atoms with Crippen molar-refractivity contribution < 1.29 is 9.59 Å². The third kappa shape index (κ3) is 5.16. The fourth-order valence-corrected chi connectivity index (χ4v) is 6.25. The Bertz CT molecular complexity index is 704. The number of nitrogens with zero attached hydrogens (tertiary/aromatic N) is 3. The highest BCUT2D eigenvalue weighted by molar-refractivity contribution is 14.0. The number of halogens is 1. The molecule has 0 aromatic carbocycles. The molecular formula is C24H40IN5O2. The maximum Gasteiger partial charge on any atom is 0.233 e. The summed E-state index contributed by atoms with van der Waals surface area (Å²) in [5.74, 6) is 1.85. The van der Waals surface area contributed by atoms with Crippen LogP contribution in [0, 0.1) is 29.6 Å². The monoisotopic (exact) mass is 557 g/mol. The number of fused-ring (bicyclic) bond motifs is 5. The third-order valence-electron chi connectivity index (χ3n) is 7.83. The summed E-state index contributed by atoms with van der Waals surface area (Å²) in [6, 6.07) is 0.444. The second-order valence-electron chi connectivity index (χ2n) is 9.90. The van der Waals surface area contributed by atoms with Crippen molar-refractivity contribution >= 4 is 41.8 Å². The highest BCUT2D eigenvalue weighted by Crippen LogP contribution is 2.52. The number of likely N-dealkylation sites (tertiary alicyclic amines) is 1. The summed E-state index contributed by atoms with van der Waals surface area (Å²) >= 11 is 0. The number of allylic oxidation sites excluding steroid dienone is 2. The van der Waals surface area contributed by atoms with Crippen LogP contribution >= 0.6 is 24.0 Å². The van der Waals surface area contributed by atoms with Crippen molar-refractivity contribution in [3.63, 3.8) is 0 Å². The predicted octanol–water partition coefficient (Wildman–Crippen LogP) is 2.48. The molecule has 180 valence electrons. The van der Waals surface area contributed by atoms with E-state index >= 15 is 0 Å². The maximum absolute atomic E-state index is 12.8. The van der Waals surface area contributed by atoms with Gasteiger partial charge >= 0.3 is 0 Å². The van der Waals surface area contributed by atoms with E-state index in [1.165, 1.54) is 37.0 Å². The van der Waals surface area contributed by atoms with Gasteiger partial charge in [-0.25, -0.2) is 0 Å². The molecule has 2 N–H and O–H groups in total. The summed E-state index contributed by atoms with van der Waals surface area (Å²) in [5, 5.41) is 6.66. The first-order valence-corrected chi connectivity index (χ1v) is 12.2. The van der Waals surface area contributed by atoms with Crippen LogP contribution in [0.15, 0.2) is 17.1 Å². The molecule has 2 saturated carbocycles. The molecule has 0 aromatic heterocycles. The van der Waals surface area contributed by atoms with E-state index in [0.717, 1.165) is 25.5 Å². The van der Waals surface area contributed by atoms with Gasteiger partial charge in [-0.2, -0.15) is 0 Å². The Labute approximate surface area is 209 Å². The number of rotatable bonds is 8. The van der Waals surface area contributed by atoms with Crippen LogP contribution < -0.4 is 10.6 Å². The molecule has 7 nitrogen and oxygen atoms in total. The third-order valence-corrected chi connectivity index (χ3v) is 7.83. The van der Waals surface area contributed by atoms with E-state index in [0.29, 0.717) is 25.0 Å². The van der Waals surface area contributed by atoms with Crippen LogP contribution in [0.1, 0.15) is 45.4 Å². The molecule has 1 aliphatic heterocycles. The van der Waals surface area contributed by atoms with Gasteiger partial charge in [0.05, 0.1) is 18.4 Å². The number of guanidine groups is 1. The van der Waals surface area contributed by atoms with Gasteiger partial charge in [0, 0.05) is 25.7 Å². The summed E-state index contributed by atoms with van der Waals surface area (Å²) in [6.07, 6.45) is 11.9. The second-order valence-corrected chi connectivity index (χ2v) is 9.90. The molecule has 0 spiro atoms. The lowest BCUT2D eigenvalue weighted by molar-refractivity contribution is -0.140. The molecule has 3 aliphatic carbocycles. The fraction of sp³-hybridized carbons (Fsp3) is 0.792. The Balaban J connectivity index is 0.00000289. The Kier molecular flexibility index (Phi) is 9.00. The highest BCUT2D eigenvalue weighted by Gasteiger charge is 2.58. The van der Waals surface area contributed by atoms with E-state index in [2.05, 4.69) is 48.7 Å². The van der Waals surface area contributed by atoms with Gasteiger partial charge < -0.3 is 15.5 Å². The Morgan fingerprint density at radius 3 is 2.28 bits per heavy atom. The van der Waals surface area contributed by atoms with Crippen LogP contribution in [0.5, 0.6) is 0 Å². The molecule has 4 rings (SSSR count). The molecule has 0 radical (unpaired) electrons. The second kappa shape index (κ2) is 11.3. The van der Waals surface area contributed by atoms with E-state index in [9.17, 15) is 9.59 Å². The standard InChI is InChI=1S/C24H39N5O2.HI/c1-4-25-24(27-15-19(28(2)3)16-8-6-5-7-9-16)26-12-13-29-22(30)20-17-10-11-18(14-17)21(20)23(29)31;/h10-11,16-21H,4-9,12-15H2,1-3H3,(H2,25,26,27);1H. The molecular weight excluding hydrogens is 517 g/mol. The molecule has 5 unspecified atom stereocenters. The summed E-state index contributed by atoms with van der Waals surface area (Å²) in [4.78, 5) is 34.3.